The predicted octanol–water partition coefficient (Wildman–Crippen LogP) is 2.52. The third-order valence-electron chi connectivity index (χ3n) is 5.73. The summed E-state index contributed by atoms with van der Waals surface area (Å²) in [6.07, 6.45) is 4.53. The average molecular weight is 445 g/mol. The number of amides is 1. The molecule has 1 aromatic carbocycles. The Kier molecular flexibility index (Phi) is 6.54. The fourth-order valence-corrected chi connectivity index (χ4v) is 5.68. The van der Waals surface area contributed by atoms with Crippen molar-refractivity contribution in [3.8, 4) is 0 Å². The van der Waals surface area contributed by atoms with Gasteiger partial charge in [-0.2, -0.15) is 4.31 Å². The number of hydrogen-bond donors (Lipinski definition) is 1. The minimum atomic E-state index is -3.69. The van der Waals surface area contributed by atoms with Crippen LogP contribution in [0.3, 0.4) is 0 Å². The van der Waals surface area contributed by atoms with Crippen LogP contribution >= 0.6 is 0 Å². The molecule has 1 N–H and O–H groups in total. The van der Waals surface area contributed by atoms with Crippen molar-refractivity contribution in [1.82, 2.24) is 9.29 Å². The standard InChI is InChI=1S/C22H28N4O4S/c1-2-17-5-6-18(15-20(17)31(28,29)26-11-13-30-14-12-26)22(27)24-19-7-8-21(23-16-19)25-9-3-4-10-25/h5-8,15-16H,2-4,9-14H2,1H3,(H,24,27). The van der Waals surface area contributed by atoms with Crippen molar-refractivity contribution in [3.63, 3.8) is 0 Å². The number of anilines is 2. The molecule has 2 aromatic rings. The van der Waals surface area contributed by atoms with Gasteiger partial charge in [0, 0.05) is 31.7 Å². The molecular formula is C22H28N4O4S. The topological polar surface area (TPSA) is 91.8 Å². The van der Waals surface area contributed by atoms with Gasteiger partial charge in [0.05, 0.1) is 30.0 Å². The lowest BCUT2D eigenvalue weighted by atomic mass is 10.1. The van der Waals surface area contributed by atoms with E-state index >= 15 is 0 Å². The first-order valence-corrected chi connectivity index (χ1v) is 12.2. The highest BCUT2D eigenvalue weighted by molar-refractivity contribution is 7.89. The van der Waals surface area contributed by atoms with E-state index in [0.717, 1.165) is 18.9 Å². The lowest BCUT2D eigenvalue weighted by molar-refractivity contribution is 0.0730. The van der Waals surface area contributed by atoms with Crippen molar-refractivity contribution in [1.29, 1.82) is 0 Å². The Morgan fingerprint density at radius 2 is 1.84 bits per heavy atom. The van der Waals surface area contributed by atoms with Crippen LogP contribution in [0.5, 0.6) is 0 Å². The van der Waals surface area contributed by atoms with Crippen molar-refractivity contribution in [3.05, 3.63) is 47.7 Å². The van der Waals surface area contributed by atoms with Gasteiger partial charge in [-0.3, -0.25) is 4.79 Å². The Balaban J connectivity index is 1.53. The Morgan fingerprint density at radius 3 is 2.48 bits per heavy atom. The lowest BCUT2D eigenvalue weighted by Crippen LogP contribution is -2.41. The second-order valence-corrected chi connectivity index (χ2v) is 9.65. The summed E-state index contributed by atoms with van der Waals surface area (Å²) in [7, 11) is -3.69. The number of sulfonamides is 1. The number of benzene rings is 1. The monoisotopic (exact) mass is 444 g/mol. The molecule has 3 heterocycles. The summed E-state index contributed by atoms with van der Waals surface area (Å²) >= 11 is 0. The summed E-state index contributed by atoms with van der Waals surface area (Å²) in [5.74, 6) is 0.540. The quantitative estimate of drug-likeness (QED) is 0.736. The molecule has 2 fully saturated rings. The molecule has 0 saturated carbocycles. The normalized spacial score (nSPS) is 17.6. The first-order chi connectivity index (χ1) is 15.0. The predicted molar refractivity (Wildman–Crippen MR) is 119 cm³/mol. The molecule has 166 valence electrons. The van der Waals surface area contributed by atoms with Crippen LogP contribution in [-0.2, 0) is 21.2 Å². The van der Waals surface area contributed by atoms with Crippen LogP contribution in [-0.4, -0.2) is 63.0 Å². The molecule has 2 saturated heterocycles. The van der Waals surface area contributed by atoms with Gasteiger partial charge in [-0.05, 0) is 49.1 Å². The van der Waals surface area contributed by atoms with E-state index in [9.17, 15) is 13.2 Å². The number of nitrogens with one attached hydrogen (secondary N) is 1. The van der Waals surface area contributed by atoms with Crippen LogP contribution in [0.2, 0.25) is 0 Å². The second-order valence-electron chi connectivity index (χ2n) is 7.75. The lowest BCUT2D eigenvalue weighted by Gasteiger charge is -2.27. The van der Waals surface area contributed by atoms with E-state index in [1.165, 1.54) is 23.2 Å². The molecule has 0 bridgehead atoms. The van der Waals surface area contributed by atoms with Crippen molar-refractivity contribution in [2.45, 2.75) is 31.1 Å². The largest absolute Gasteiger partial charge is 0.379 e. The van der Waals surface area contributed by atoms with Crippen LogP contribution < -0.4 is 10.2 Å². The highest BCUT2D eigenvalue weighted by Crippen LogP contribution is 2.24. The maximum atomic E-state index is 13.2. The van der Waals surface area contributed by atoms with E-state index in [4.69, 9.17) is 4.74 Å². The smallest absolute Gasteiger partial charge is 0.255 e. The first kappa shape index (κ1) is 21.7. The molecule has 1 amide bonds. The third-order valence-corrected chi connectivity index (χ3v) is 7.71. The number of carbonyl (C=O) groups is 1. The van der Waals surface area contributed by atoms with E-state index in [1.54, 1.807) is 18.3 Å². The summed E-state index contributed by atoms with van der Waals surface area (Å²) in [5, 5.41) is 2.82. The average Bonchev–Trinajstić information content (AvgIpc) is 3.34. The number of rotatable bonds is 6. The fourth-order valence-electron chi connectivity index (χ4n) is 3.95. The number of morpholine rings is 1. The van der Waals surface area contributed by atoms with Gasteiger partial charge in [-0.1, -0.05) is 13.0 Å². The van der Waals surface area contributed by atoms with Gasteiger partial charge in [-0.15, -0.1) is 0 Å². The third kappa shape index (κ3) is 4.73. The summed E-state index contributed by atoms with van der Waals surface area (Å²) in [5.41, 5.74) is 1.57. The van der Waals surface area contributed by atoms with Crippen molar-refractivity contribution in [2.24, 2.45) is 0 Å². The van der Waals surface area contributed by atoms with E-state index < -0.39 is 10.0 Å². The zero-order valence-electron chi connectivity index (χ0n) is 17.7. The van der Waals surface area contributed by atoms with Crippen molar-refractivity contribution >= 4 is 27.4 Å². The first-order valence-electron chi connectivity index (χ1n) is 10.7. The van der Waals surface area contributed by atoms with Crippen LogP contribution in [0.15, 0.2) is 41.4 Å². The van der Waals surface area contributed by atoms with E-state index in [-0.39, 0.29) is 10.8 Å². The molecule has 0 spiro atoms. The number of nitrogens with zero attached hydrogens (tertiary/aromatic N) is 3. The minimum Gasteiger partial charge on any atom is -0.379 e. The Hall–Kier alpha value is -2.49. The highest BCUT2D eigenvalue weighted by Gasteiger charge is 2.29. The second kappa shape index (κ2) is 9.33. The van der Waals surface area contributed by atoms with Gasteiger partial charge in [0.2, 0.25) is 10.0 Å². The number of ether oxygens (including phenoxy) is 1. The van der Waals surface area contributed by atoms with Gasteiger partial charge in [0.1, 0.15) is 5.82 Å². The number of carbonyl (C=O) groups excluding carboxylic acids is 1. The summed E-state index contributed by atoms with van der Waals surface area (Å²) in [6, 6.07) is 8.58. The number of aromatic nitrogens is 1. The van der Waals surface area contributed by atoms with Gasteiger partial charge < -0.3 is 15.0 Å². The van der Waals surface area contributed by atoms with Crippen LogP contribution in [0.25, 0.3) is 0 Å². The summed E-state index contributed by atoms with van der Waals surface area (Å²) in [4.78, 5) is 19.7. The molecule has 0 radical (unpaired) electrons. The van der Waals surface area contributed by atoms with Gasteiger partial charge in [0.25, 0.3) is 5.91 Å². The number of pyridine rings is 1. The van der Waals surface area contributed by atoms with Gasteiger partial charge in [0.15, 0.2) is 0 Å². The summed E-state index contributed by atoms with van der Waals surface area (Å²) < 4.78 is 33.1. The van der Waals surface area contributed by atoms with Crippen molar-refractivity contribution < 1.29 is 17.9 Å². The Morgan fingerprint density at radius 1 is 1.10 bits per heavy atom. The number of aryl methyl sites for hydroxylation is 1. The minimum absolute atomic E-state index is 0.187. The molecule has 0 unspecified atom stereocenters. The highest BCUT2D eigenvalue weighted by atomic mass is 32.2. The maximum Gasteiger partial charge on any atom is 0.255 e. The van der Waals surface area contributed by atoms with Crippen LogP contribution in [0.4, 0.5) is 11.5 Å². The SMILES string of the molecule is CCc1ccc(C(=O)Nc2ccc(N3CCCC3)nc2)cc1S(=O)(=O)N1CCOCC1. The molecular weight excluding hydrogens is 416 g/mol. The molecule has 0 aliphatic carbocycles. The zero-order valence-corrected chi connectivity index (χ0v) is 18.5. The molecule has 9 heteroatoms. The van der Waals surface area contributed by atoms with Crippen LogP contribution in [0, 0.1) is 0 Å². The molecule has 4 rings (SSSR count). The zero-order chi connectivity index (χ0) is 21.8. The molecule has 0 atom stereocenters. The van der Waals surface area contributed by atoms with Crippen molar-refractivity contribution in [2.75, 3.05) is 49.6 Å². The number of hydrogen-bond acceptors (Lipinski definition) is 6. The van der Waals surface area contributed by atoms with Gasteiger partial charge in [-0.25, -0.2) is 13.4 Å². The molecule has 2 aliphatic rings. The molecule has 31 heavy (non-hydrogen) atoms. The maximum absolute atomic E-state index is 13.2. The van der Waals surface area contributed by atoms with E-state index in [2.05, 4.69) is 15.2 Å². The fraction of sp³-hybridized carbons (Fsp3) is 0.455. The Bertz CT molecular complexity index is 1030. The summed E-state index contributed by atoms with van der Waals surface area (Å²) in [6.45, 7) is 5.29. The van der Waals surface area contributed by atoms with E-state index in [0.29, 0.717) is 49.5 Å². The Labute approximate surface area is 183 Å². The molecule has 2 aliphatic heterocycles. The van der Waals surface area contributed by atoms with Crippen LogP contribution in [0.1, 0.15) is 35.7 Å². The molecule has 8 nitrogen and oxygen atoms in total. The van der Waals surface area contributed by atoms with Gasteiger partial charge >= 0.3 is 0 Å². The van der Waals surface area contributed by atoms with E-state index in [1.807, 2.05) is 19.1 Å². The molecule has 1 aromatic heterocycles.